The third kappa shape index (κ3) is 8.45. The van der Waals surface area contributed by atoms with Gasteiger partial charge in [0.2, 0.25) is 5.91 Å². The van der Waals surface area contributed by atoms with Crippen molar-refractivity contribution in [2.24, 2.45) is 11.3 Å². The number of aromatic nitrogens is 2. The molecule has 2 aromatic heterocycles. The first-order chi connectivity index (χ1) is 25.3. The van der Waals surface area contributed by atoms with Crippen molar-refractivity contribution in [1.29, 1.82) is 0 Å². The molecule has 4 atom stereocenters. The standard InChI is InChI=1S/C41H56N6O6/c1-8-46-35-14-13-28-20-31(35)32(38(46)30-11-9-15-42-37(30)26(4)52-7)21-41(5,6)24-53-40(51)33-12-10-16-47(44-33)39(50)34(43-36(49)17-25(2)3)19-27-18-29(48)23-45(28)22-27/h9,11,13-15,18,20,25-26,29,33-34,44,48H,8,10,12,16-17,19,21-24H2,1-7H3,(H,43,49)/t26-,29-,33-,34-/m0/s1. The summed E-state index contributed by atoms with van der Waals surface area (Å²) in [5.74, 6) is -0.822. The summed E-state index contributed by atoms with van der Waals surface area (Å²) < 4.78 is 14.2. The maximum atomic E-state index is 14.1. The zero-order valence-corrected chi connectivity index (χ0v) is 32.3. The van der Waals surface area contributed by atoms with Crippen molar-refractivity contribution in [2.75, 3.05) is 38.3 Å². The quantitative estimate of drug-likeness (QED) is 0.225. The van der Waals surface area contributed by atoms with E-state index in [1.165, 1.54) is 5.01 Å². The highest BCUT2D eigenvalue weighted by atomic mass is 16.5. The topological polar surface area (TPSA) is 138 Å². The van der Waals surface area contributed by atoms with Gasteiger partial charge in [-0.2, -0.15) is 0 Å². The van der Waals surface area contributed by atoms with Crippen molar-refractivity contribution < 1.29 is 29.0 Å². The Labute approximate surface area is 312 Å². The van der Waals surface area contributed by atoms with Gasteiger partial charge in [-0.15, -0.1) is 0 Å². The molecule has 1 fully saturated rings. The number of cyclic esters (lactones) is 1. The van der Waals surface area contributed by atoms with Crippen molar-refractivity contribution in [3.8, 4) is 11.3 Å². The number of pyridine rings is 1. The Bertz CT molecular complexity index is 1870. The monoisotopic (exact) mass is 728 g/mol. The van der Waals surface area contributed by atoms with E-state index in [4.69, 9.17) is 14.5 Å². The van der Waals surface area contributed by atoms with Crippen LogP contribution in [0.4, 0.5) is 5.69 Å². The van der Waals surface area contributed by atoms with Gasteiger partial charge >= 0.3 is 5.97 Å². The first-order valence-electron chi connectivity index (χ1n) is 19.1. The van der Waals surface area contributed by atoms with Crippen LogP contribution in [0.5, 0.6) is 0 Å². The molecule has 1 saturated heterocycles. The lowest BCUT2D eigenvalue weighted by Gasteiger charge is -2.37. The summed E-state index contributed by atoms with van der Waals surface area (Å²) in [5.41, 5.74) is 9.55. The summed E-state index contributed by atoms with van der Waals surface area (Å²) in [7, 11) is 1.69. The number of hydrogen-bond acceptors (Lipinski definition) is 9. The first-order valence-corrected chi connectivity index (χ1v) is 19.1. The summed E-state index contributed by atoms with van der Waals surface area (Å²) in [5, 5.41) is 16.7. The van der Waals surface area contributed by atoms with Crippen LogP contribution in [0.1, 0.15) is 84.6 Å². The highest BCUT2D eigenvalue weighted by molar-refractivity contribution is 5.95. The van der Waals surface area contributed by atoms with Crippen LogP contribution >= 0.6 is 0 Å². The van der Waals surface area contributed by atoms with Gasteiger partial charge in [0.15, 0.2) is 0 Å². The fourth-order valence-electron chi connectivity index (χ4n) is 8.01. The molecule has 3 N–H and O–H groups in total. The second kappa shape index (κ2) is 16.0. The molecule has 12 heteroatoms. The predicted molar refractivity (Wildman–Crippen MR) is 205 cm³/mol. The molecule has 6 bridgehead atoms. The zero-order chi connectivity index (χ0) is 38.0. The normalized spacial score (nSPS) is 23.0. The summed E-state index contributed by atoms with van der Waals surface area (Å²) >= 11 is 0. The van der Waals surface area contributed by atoms with E-state index < -0.39 is 29.6 Å². The van der Waals surface area contributed by atoms with Crippen LogP contribution in [0.25, 0.3) is 22.2 Å². The smallest absolute Gasteiger partial charge is 0.324 e. The highest BCUT2D eigenvalue weighted by Gasteiger charge is 2.36. The number of ether oxygens (including phenoxy) is 2. The number of amides is 2. The average molecular weight is 729 g/mol. The Morgan fingerprint density at radius 2 is 2.00 bits per heavy atom. The molecule has 53 heavy (non-hydrogen) atoms. The van der Waals surface area contributed by atoms with Crippen LogP contribution in [0.2, 0.25) is 0 Å². The molecule has 286 valence electrons. The number of nitrogens with zero attached hydrogens (tertiary/aromatic N) is 4. The number of nitrogens with one attached hydrogen (secondary N) is 2. The first kappa shape index (κ1) is 38.5. The Kier molecular flexibility index (Phi) is 11.6. The van der Waals surface area contributed by atoms with Crippen LogP contribution in [0, 0.1) is 11.3 Å². The van der Waals surface area contributed by atoms with E-state index >= 15 is 0 Å². The van der Waals surface area contributed by atoms with Crippen LogP contribution in [-0.2, 0) is 36.8 Å². The van der Waals surface area contributed by atoms with Gasteiger partial charge in [-0.1, -0.05) is 33.8 Å². The molecular weight excluding hydrogens is 672 g/mol. The van der Waals surface area contributed by atoms with Crippen LogP contribution in [0.3, 0.4) is 0 Å². The lowest BCUT2D eigenvalue weighted by atomic mass is 9.84. The van der Waals surface area contributed by atoms with E-state index in [-0.39, 0.29) is 43.3 Å². The second-order valence-corrected chi connectivity index (χ2v) is 16.0. The molecule has 0 spiro atoms. The molecular formula is C41H56N6O6. The van der Waals surface area contributed by atoms with E-state index in [1.54, 1.807) is 13.3 Å². The van der Waals surface area contributed by atoms with Gasteiger partial charge in [0.25, 0.3) is 5.91 Å². The maximum Gasteiger partial charge on any atom is 0.324 e. The van der Waals surface area contributed by atoms with Gasteiger partial charge in [0.1, 0.15) is 12.1 Å². The van der Waals surface area contributed by atoms with E-state index in [0.717, 1.165) is 44.7 Å². The minimum absolute atomic E-state index is 0.114. The fourth-order valence-corrected chi connectivity index (χ4v) is 8.01. The van der Waals surface area contributed by atoms with Crippen LogP contribution in [-0.4, -0.2) is 89.0 Å². The zero-order valence-electron chi connectivity index (χ0n) is 32.3. The van der Waals surface area contributed by atoms with E-state index in [2.05, 4.69) is 65.2 Å². The van der Waals surface area contributed by atoms with Gasteiger partial charge < -0.3 is 29.4 Å². The molecule has 3 aliphatic heterocycles. The van der Waals surface area contributed by atoms with Crippen molar-refractivity contribution >= 4 is 34.4 Å². The minimum atomic E-state index is -0.877. The third-order valence-corrected chi connectivity index (χ3v) is 10.6. The number of hydrazine groups is 1. The van der Waals surface area contributed by atoms with Gasteiger partial charge in [-0.25, -0.2) is 5.43 Å². The van der Waals surface area contributed by atoms with Gasteiger partial charge in [-0.3, -0.25) is 24.4 Å². The van der Waals surface area contributed by atoms with Crippen molar-refractivity contribution in [3.05, 3.63) is 59.4 Å². The molecule has 3 aromatic rings. The summed E-state index contributed by atoms with van der Waals surface area (Å²) in [6.07, 6.45) is 4.85. The number of aliphatic hydroxyl groups excluding tert-OH is 1. The SMILES string of the molecule is CCn1c(-c2cccnc2[C@H](C)OC)c2c3cc(ccc31)N1CC(=C[C@H](O)C1)C[C@H](NC(=O)CC(C)C)C(=O)N1CCC[C@H](N1)C(=O)OCC(C)(C)C2. The Morgan fingerprint density at radius 1 is 1.21 bits per heavy atom. The van der Waals surface area contributed by atoms with Crippen molar-refractivity contribution in [1.82, 2.24) is 25.3 Å². The largest absolute Gasteiger partial charge is 0.464 e. The minimum Gasteiger partial charge on any atom is -0.464 e. The van der Waals surface area contributed by atoms with Crippen LogP contribution < -0.4 is 15.6 Å². The maximum absolute atomic E-state index is 14.1. The lowest BCUT2D eigenvalue weighted by Crippen LogP contribution is -2.60. The predicted octanol–water partition coefficient (Wildman–Crippen LogP) is 5.08. The highest BCUT2D eigenvalue weighted by Crippen LogP contribution is 2.42. The molecule has 0 saturated carbocycles. The number of benzene rings is 1. The van der Waals surface area contributed by atoms with Gasteiger partial charge in [0.05, 0.1) is 30.2 Å². The number of aryl methyl sites for hydroxylation is 1. The van der Waals surface area contributed by atoms with E-state index in [9.17, 15) is 19.5 Å². The Morgan fingerprint density at radius 3 is 2.74 bits per heavy atom. The molecule has 6 rings (SSSR count). The summed E-state index contributed by atoms with van der Waals surface area (Å²) in [4.78, 5) is 47.8. The third-order valence-electron chi connectivity index (χ3n) is 10.6. The number of aliphatic hydroxyl groups is 1. The number of fused-ring (bicyclic) bond motifs is 6. The molecule has 0 aliphatic carbocycles. The number of hydrogen-bond donors (Lipinski definition) is 3. The number of anilines is 1. The molecule has 3 aliphatic rings. The number of rotatable bonds is 7. The van der Waals surface area contributed by atoms with Gasteiger partial charge in [0, 0.05) is 73.5 Å². The number of carbonyl (C=O) groups is 3. The molecule has 1 aromatic carbocycles. The number of esters is 1. The molecule has 0 radical (unpaired) electrons. The summed E-state index contributed by atoms with van der Waals surface area (Å²) in [6, 6.07) is 8.92. The Balaban J connectivity index is 1.49. The Hall–Kier alpha value is -4.26. The lowest BCUT2D eigenvalue weighted by molar-refractivity contribution is -0.155. The van der Waals surface area contributed by atoms with E-state index in [0.29, 0.717) is 45.4 Å². The van der Waals surface area contributed by atoms with Crippen molar-refractivity contribution in [3.63, 3.8) is 0 Å². The van der Waals surface area contributed by atoms with Crippen LogP contribution in [0.15, 0.2) is 48.2 Å². The molecule has 12 nitrogen and oxygen atoms in total. The average Bonchev–Trinajstić information content (AvgIpc) is 3.43. The van der Waals surface area contributed by atoms with E-state index in [1.807, 2.05) is 32.9 Å². The molecule has 5 heterocycles. The number of carbonyl (C=O) groups excluding carboxylic acids is 3. The summed E-state index contributed by atoms with van der Waals surface area (Å²) in [6.45, 7) is 14.4. The fraction of sp³-hybridized carbons (Fsp3) is 0.561. The van der Waals surface area contributed by atoms with Crippen molar-refractivity contribution in [2.45, 2.75) is 104 Å². The van der Waals surface area contributed by atoms with Gasteiger partial charge in [-0.05, 0) is 86.9 Å². The second-order valence-electron chi connectivity index (χ2n) is 16.0. The molecule has 2 amide bonds. The molecule has 0 unspecified atom stereocenters. The number of methoxy groups -OCH3 is 1.